The van der Waals surface area contributed by atoms with E-state index in [0.717, 1.165) is 11.8 Å². The van der Waals surface area contributed by atoms with Crippen LogP contribution in [0, 0.1) is 0 Å². The van der Waals surface area contributed by atoms with Gasteiger partial charge in [0.15, 0.2) is 0 Å². The molecule has 1 aromatic carbocycles. The lowest BCUT2D eigenvalue weighted by atomic mass is 10.2. The zero-order valence-corrected chi connectivity index (χ0v) is 14.5. The average Bonchev–Trinajstić information content (AvgIpc) is 3.09. The molecule has 2 heterocycles. The van der Waals surface area contributed by atoms with Crippen LogP contribution in [0.15, 0.2) is 24.3 Å². The van der Waals surface area contributed by atoms with Gasteiger partial charge < -0.3 is 0 Å². The van der Waals surface area contributed by atoms with E-state index in [4.69, 9.17) is 11.6 Å². The number of sulfonamides is 1. The number of benzene rings is 1. The maximum Gasteiger partial charge on any atom is 0.289 e. The standard InChI is InChI=1S/C14H15ClN2O4S2/c15-11-3-1-10(2-4-11)9-23(20,21)16-6-5-12(7-16)17-13(18)8-22-14(17)19/h1-4,12H,5-9H2. The van der Waals surface area contributed by atoms with Gasteiger partial charge in [0.1, 0.15) is 0 Å². The van der Waals surface area contributed by atoms with Crippen LogP contribution in [0.2, 0.25) is 5.02 Å². The molecule has 1 unspecified atom stereocenters. The molecule has 2 fully saturated rings. The zero-order valence-electron chi connectivity index (χ0n) is 12.1. The second-order valence-corrected chi connectivity index (χ2v) is 8.83. The fourth-order valence-electron chi connectivity index (χ4n) is 2.77. The van der Waals surface area contributed by atoms with Gasteiger partial charge >= 0.3 is 0 Å². The molecule has 2 amide bonds. The molecule has 0 spiro atoms. The Morgan fingerprint density at radius 1 is 1.22 bits per heavy atom. The van der Waals surface area contributed by atoms with Crippen molar-refractivity contribution in [3.8, 4) is 0 Å². The lowest BCUT2D eigenvalue weighted by molar-refractivity contribution is -0.126. The molecule has 0 aliphatic carbocycles. The molecule has 3 rings (SSSR count). The van der Waals surface area contributed by atoms with Gasteiger partial charge in [0.05, 0.1) is 17.5 Å². The highest BCUT2D eigenvalue weighted by molar-refractivity contribution is 8.14. The number of halogens is 1. The zero-order chi connectivity index (χ0) is 16.6. The van der Waals surface area contributed by atoms with E-state index >= 15 is 0 Å². The van der Waals surface area contributed by atoms with Crippen molar-refractivity contribution in [1.82, 2.24) is 9.21 Å². The van der Waals surface area contributed by atoms with Crippen LogP contribution in [0.5, 0.6) is 0 Å². The first kappa shape index (κ1) is 16.8. The lowest BCUT2D eigenvalue weighted by Gasteiger charge is -2.21. The van der Waals surface area contributed by atoms with Gasteiger partial charge in [-0.05, 0) is 24.1 Å². The molecule has 1 atom stereocenters. The molecule has 124 valence electrons. The Balaban J connectivity index is 1.69. The van der Waals surface area contributed by atoms with Crippen LogP contribution in [0.25, 0.3) is 0 Å². The van der Waals surface area contributed by atoms with Crippen LogP contribution in [0.3, 0.4) is 0 Å². The number of thioether (sulfide) groups is 1. The van der Waals surface area contributed by atoms with Gasteiger partial charge in [-0.3, -0.25) is 14.5 Å². The van der Waals surface area contributed by atoms with Gasteiger partial charge in [-0.1, -0.05) is 35.5 Å². The summed E-state index contributed by atoms with van der Waals surface area (Å²) in [5, 5.41) is 0.271. The van der Waals surface area contributed by atoms with Crippen molar-refractivity contribution in [3.05, 3.63) is 34.9 Å². The highest BCUT2D eigenvalue weighted by Gasteiger charge is 2.41. The van der Waals surface area contributed by atoms with Gasteiger partial charge in [-0.15, -0.1) is 0 Å². The van der Waals surface area contributed by atoms with E-state index < -0.39 is 10.0 Å². The van der Waals surface area contributed by atoms with Crippen LogP contribution in [-0.2, 0) is 20.6 Å². The van der Waals surface area contributed by atoms with Gasteiger partial charge in [0.2, 0.25) is 15.9 Å². The van der Waals surface area contributed by atoms with Gasteiger partial charge in [0.25, 0.3) is 5.24 Å². The summed E-state index contributed by atoms with van der Waals surface area (Å²) in [4.78, 5) is 24.7. The molecule has 0 bridgehead atoms. The largest absolute Gasteiger partial charge is 0.289 e. The quantitative estimate of drug-likeness (QED) is 0.805. The second-order valence-electron chi connectivity index (χ2n) is 5.50. The van der Waals surface area contributed by atoms with Gasteiger partial charge in [-0.2, -0.15) is 4.31 Å². The molecular formula is C14H15ClN2O4S2. The van der Waals surface area contributed by atoms with Crippen molar-refractivity contribution in [1.29, 1.82) is 0 Å². The summed E-state index contributed by atoms with van der Waals surface area (Å²) < 4.78 is 26.4. The van der Waals surface area contributed by atoms with E-state index in [9.17, 15) is 18.0 Å². The van der Waals surface area contributed by atoms with Crippen molar-refractivity contribution in [3.63, 3.8) is 0 Å². The molecule has 0 radical (unpaired) electrons. The second kappa shape index (κ2) is 6.43. The maximum atomic E-state index is 12.5. The summed E-state index contributed by atoms with van der Waals surface area (Å²) in [7, 11) is -3.49. The molecule has 0 aromatic heterocycles. The minimum atomic E-state index is -3.49. The number of hydrogen-bond donors (Lipinski definition) is 0. The van der Waals surface area contributed by atoms with Crippen LogP contribution in [0.4, 0.5) is 4.79 Å². The van der Waals surface area contributed by atoms with E-state index in [1.807, 2.05) is 0 Å². The molecular weight excluding hydrogens is 360 g/mol. The van der Waals surface area contributed by atoms with E-state index in [1.54, 1.807) is 24.3 Å². The Kier molecular flexibility index (Phi) is 4.68. The summed E-state index contributed by atoms with van der Waals surface area (Å²) in [6.45, 7) is 0.496. The van der Waals surface area contributed by atoms with Gasteiger partial charge in [-0.25, -0.2) is 8.42 Å². The van der Waals surface area contributed by atoms with E-state index in [-0.39, 0.29) is 35.2 Å². The third kappa shape index (κ3) is 3.55. The summed E-state index contributed by atoms with van der Waals surface area (Å²) in [5.41, 5.74) is 0.654. The third-order valence-corrected chi connectivity index (χ3v) is 6.83. The fourth-order valence-corrected chi connectivity index (χ4v) is 5.25. The Bertz CT molecular complexity index is 720. The average molecular weight is 375 g/mol. The van der Waals surface area contributed by atoms with Crippen molar-refractivity contribution < 1.29 is 18.0 Å². The highest BCUT2D eigenvalue weighted by Crippen LogP contribution is 2.28. The molecule has 6 nitrogen and oxygen atoms in total. The molecule has 2 saturated heterocycles. The number of carbonyl (C=O) groups is 2. The summed E-state index contributed by atoms with van der Waals surface area (Å²) in [5.74, 6) is -0.206. The van der Waals surface area contributed by atoms with E-state index in [0.29, 0.717) is 23.6 Å². The highest BCUT2D eigenvalue weighted by atomic mass is 35.5. The summed E-state index contributed by atoms with van der Waals surface area (Å²) in [6.07, 6.45) is 0.484. The van der Waals surface area contributed by atoms with Crippen molar-refractivity contribution >= 4 is 44.5 Å². The Labute approximate surface area is 143 Å². The fraction of sp³-hybridized carbons (Fsp3) is 0.429. The van der Waals surface area contributed by atoms with Gasteiger partial charge in [0, 0.05) is 18.1 Å². The monoisotopic (exact) mass is 374 g/mol. The maximum absolute atomic E-state index is 12.5. The summed E-state index contributed by atoms with van der Waals surface area (Å²) >= 11 is 6.77. The van der Waals surface area contributed by atoms with Crippen LogP contribution >= 0.6 is 23.4 Å². The third-order valence-electron chi connectivity index (χ3n) is 3.93. The molecule has 9 heteroatoms. The van der Waals surface area contributed by atoms with Crippen LogP contribution < -0.4 is 0 Å². The number of carbonyl (C=O) groups excluding carboxylic acids is 2. The first-order valence-corrected chi connectivity index (χ1v) is 10.1. The molecule has 0 saturated carbocycles. The van der Waals surface area contributed by atoms with E-state index in [1.165, 1.54) is 9.21 Å². The predicted octanol–water partition coefficient (Wildman–Crippen LogP) is 1.94. The molecule has 23 heavy (non-hydrogen) atoms. The topological polar surface area (TPSA) is 74.8 Å². The summed E-state index contributed by atoms with van der Waals surface area (Å²) in [6, 6.07) is 6.30. The first-order valence-electron chi connectivity index (χ1n) is 7.08. The number of hydrogen-bond acceptors (Lipinski definition) is 5. The lowest BCUT2D eigenvalue weighted by Crippen LogP contribution is -2.41. The molecule has 0 N–H and O–H groups in total. The minimum absolute atomic E-state index is 0.118. The first-order chi connectivity index (χ1) is 10.9. The Morgan fingerprint density at radius 3 is 2.52 bits per heavy atom. The number of amides is 2. The predicted molar refractivity (Wildman–Crippen MR) is 88.8 cm³/mol. The minimum Gasteiger partial charge on any atom is -0.273 e. The van der Waals surface area contributed by atoms with Crippen molar-refractivity contribution in [2.45, 2.75) is 18.2 Å². The Morgan fingerprint density at radius 2 is 1.91 bits per heavy atom. The van der Waals surface area contributed by atoms with Crippen LogP contribution in [-0.4, -0.2) is 53.7 Å². The Hall–Kier alpha value is -1.09. The van der Waals surface area contributed by atoms with Crippen molar-refractivity contribution in [2.24, 2.45) is 0 Å². The SMILES string of the molecule is O=C1CSC(=O)N1C1CCN(S(=O)(=O)Cc2ccc(Cl)cc2)C1. The van der Waals surface area contributed by atoms with Crippen molar-refractivity contribution in [2.75, 3.05) is 18.8 Å². The molecule has 2 aliphatic heterocycles. The molecule has 2 aliphatic rings. The number of nitrogens with zero attached hydrogens (tertiary/aromatic N) is 2. The smallest absolute Gasteiger partial charge is 0.273 e. The molecule has 1 aromatic rings. The van der Waals surface area contributed by atoms with Crippen LogP contribution in [0.1, 0.15) is 12.0 Å². The number of rotatable bonds is 4. The normalized spacial score (nSPS) is 23.0. The number of imide groups is 1. The van der Waals surface area contributed by atoms with E-state index in [2.05, 4.69) is 0 Å².